The van der Waals surface area contributed by atoms with Crippen LogP contribution in [-0.2, 0) is 29.1 Å². The third kappa shape index (κ3) is 8.13. The summed E-state index contributed by atoms with van der Waals surface area (Å²) in [5.41, 5.74) is 1.65. The van der Waals surface area contributed by atoms with Gasteiger partial charge in [-0.25, -0.2) is 13.1 Å². The van der Waals surface area contributed by atoms with Crippen molar-refractivity contribution < 1.29 is 27.5 Å². The zero-order valence-corrected chi connectivity index (χ0v) is 33.3. The highest BCUT2D eigenvalue weighted by Crippen LogP contribution is 2.69. The minimum atomic E-state index is -3.33. The molecule has 0 saturated heterocycles. The van der Waals surface area contributed by atoms with E-state index >= 15 is 0 Å². The number of hydrogen-bond donors (Lipinski definition) is 3. The normalized spacial score (nSPS) is 34.8. The van der Waals surface area contributed by atoms with Crippen LogP contribution in [0.3, 0.4) is 0 Å². The molecule has 4 saturated carbocycles. The molecule has 4 aliphatic rings. The van der Waals surface area contributed by atoms with Gasteiger partial charge in [0.1, 0.15) is 12.2 Å². The van der Waals surface area contributed by atoms with Gasteiger partial charge in [0.15, 0.2) is 0 Å². The molecule has 12 heteroatoms. The van der Waals surface area contributed by atoms with Gasteiger partial charge in [-0.3, -0.25) is 14.6 Å². The number of halogens is 1. The van der Waals surface area contributed by atoms with Crippen LogP contribution in [0.25, 0.3) is 10.9 Å². The highest BCUT2D eigenvalue weighted by Gasteiger charge is 2.67. The van der Waals surface area contributed by atoms with Gasteiger partial charge in [-0.05, 0) is 124 Å². The molecule has 10 nitrogen and oxygen atoms in total. The van der Waals surface area contributed by atoms with Crippen LogP contribution in [0, 0.1) is 46.3 Å². The van der Waals surface area contributed by atoms with E-state index in [9.17, 15) is 18.0 Å². The lowest BCUT2D eigenvalue weighted by Crippen LogP contribution is -2.64. The van der Waals surface area contributed by atoms with Crippen LogP contribution in [0.15, 0.2) is 30.5 Å². The quantitative estimate of drug-likeness (QED) is 0.146. The maximum atomic E-state index is 12.7. The molecule has 0 bridgehead atoms. The van der Waals surface area contributed by atoms with E-state index in [1.165, 1.54) is 20.1 Å². The summed E-state index contributed by atoms with van der Waals surface area (Å²) < 4.78 is 39.7. The number of carbonyl (C=O) groups is 2. The van der Waals surface area contributed by atoms with Gasteiger partial charge < -0.3 is 20.1 Å². The molecule has 11 atom stereocenters. The lowest BCUT2D eigenvalue weighted by Gasteiger charge is -2.64. The van der Waals surface area contributed by atoms with Crippen molar-refractivity contribution in [2.24, 2.45) is 46.3 Å². The largest absolute Gasteiger partial charge is 0.462 e. The average molecular weight is 759 g/mol. The molecule has 2 aromatic rings. The predicted molar refractivity (Wildman–Crippen MR) is 205 cm³/mol. The summed E-state index contributed by atoms with van der Waals surface area (Å²) in [6.45, 7) is 12.7. The first-order valence-corrected chi connectivity index (χ1v) is 21.7. The first-order chi connectivity index (χ1) is 24.6. The number of esters is 2. The van der Waals surface area contributed by atoms with E-state index in [0.717, 1.165) is 94.0 Å². The third-order valence-electron chi connectivity index (χ3n) is 13.8. The average Bonchev–Trinajstić information content (AvgIpc) is 3.42. The molecule has 0 spiro atoms. The molecule has 6 rings (SSSR count). The highest BCUT2D eigenvalue weighted by atomic mass is 35.5. The second-order valence-electron chi connectivity index (χ2n) is 16.9. The Morgan fingerprint density at radius 3 is 2.50 bits per heavy atom. The van der Waals surface area contributed by atoms with Crippen LogP contribution in [0.5, 0.6) is 0 Å². The topological polar surface area (TPSA) is 136 Å². The molecule has 4 aliphatic carbocycles. The maximum absolute atomic E-state index is 12.7. The fourth-order valence-corrected chi connectivity index (χ4v) is 12.6. The van der Waals surface area contributed by atoms with Gasteiger partial charge in [-0.2, -0.15) is 0 Å². The zero-order valence-electron chi connectivity index (χ0n) is 31.8. The number of nitrogens with one attached hydrogen (secondary N) is 3. The number of benzene rings is 1. The van der Waals surface area contributed by atoms with E-state index in [-0.39, 0.29) is 64.7 Å². The Kier molecular flexibility index (Phi) is 11.9. The number of pyridine rings is 1. The van der Waals surface area contributed by atoms with Crippen LogP contribution in [0.2, 0.25) is 5.02 Å². The summed E-state index contributed by atoms with van der Waals surface area (Å²) in [7, 11) is -3.33. The van der Waals surface area contributed by atoms with E-state index in [4.69, 9.17) is 21.1 Å². The van der Waals surface area contributed by atoms with Gasteiger partial charge in [-0.15, -0.1) is 0 Å². The van der Waals surface area contributed by atoms with Crippen LogP contribution < -0.4 is 15.4 Å². The smallest absolute Gasteiger partial charge is 0.302 e. The van der Waals surface area contributed by atoms with Crippen LogP contribution in [0.1, 0.15) is 92.4 Å². The van der Waals surface area contributed by atoms with Crippen molar-refractivity contribution in [2.45, 2.75) is 111 Å². The number of sulfonamides is 1. The SMILES string of the molecule is CC(=O)O[C@H]1CC2C(C3CC[C@H](C(C)CCCNCCNc4ccnc5cc(Cl)ccc45)[C@]31C)[C@H](OC(C)=O)C[C@@H]1C[C@H](NS(C)(=O)=O)CC[C@]21C. The number of nitrogens with zero attached hydrogens (tertiary/aromatic N) is 1. The van der Waals surface area contributed by atoms with Gasteiger partial charge in [0.05, 0.1) is 11.8 Å². The Morgan fingerprint density at radius 1 is 1.00 bits per heavy atom. The predicted octanol–water partition coefficient (Wildman–Crippen LogP) is 6.97. The summed E-state index contributed by atoms with van der Waals surface area (Å²) >= 11 is 6.15. The summed E-state index contributed by atoms with van der Waals surface area (Å²) in [6, 6.07) is 7.65. The number of carbonyl (C=O) groups excluding carboxylic acids is 2. The number of aromatic nitrogens is 1. The molecule has 52 heavy (non-hydrogen) atoms. The van der Waals surface area contributed by atoms with Gasteiger partial charge >= 0.3 is 11.9 Å². The third-order valence-corrected chi connectivity index (χ3v) is 14.8. The Morgan fingerprint density at radius 2 is 1.77 bits per heavy atom. The fourth-order valence-electron chi connectivity index (χ4n) is 11.7. The second-order valence-corrected chi connectivity index (χ2v) is 19.2. The Labute approximate surface area is 315 Å². The molecular weight excluding hydrogens is 700 g/mol. The lowest BCUT2D eigenvalue weighted by molar-refractivity contribution is -0.220. The lowest BCUT2D eigenvalue weighted by atomic mass is 9.43. The zero-order chi connectivity index (χ0) is 37.4. The molecule has 1 aromatic heterocycles. The minimum Gasteiger partial charge on any atom is -0.462 e. The maximum Gasteiger partial charge on any atom is 0.302 e. The van der Waals surface area contributed by atoms with Crippen LogP contribution in [-0.4, -0.2) is 69.5 Å². The minimum absolute atomic E-state index is 0.0564. The Balaban J connectivity index is 1.11. The van der Waals surface area contributed by atoms with Gasteiger partial charge in [0, 0.05) is 66.6 Å². The number of anilines is 1. The van der Waals surface area contributed by atoms with Crippen LogP contribution >= 0.6 is 11.6 Å². The second kappa shape index (κ2) is 15.7. The van der Waals surface area contributed by atoms with Crippen molar-refractivity contribution in [1.82, 2.24) is 15.0 Å². The molecule has 0 radical (unpaired) electrons. The molecule has 0 amide bonds. The van der Waals surface area contributed by atoms with Crippen LogP contribution in [0.4, 0.5) is 5.69 Å². The number of ether oxygens (including phenoxy) is 2. The first kappa shape index (κ1) is 39.2. The summed E-state index contributed by atoms with van der Waals surface area (Å²) in [4.78, 5) is 29.7. The Bertz CT molecular complexity index is 1730. The molecule has 4 unspecified atom stereocenters. The molecule has 0 aliphatic heterocycles. The standard InChI is InChI=1S/C40H59ClN4O6S/c1-24(8-7-16-42-18-19-44-34-14-17-43-35-22-28(41)9-10-30(34)35)31-11-12-32-38-33(23-37(40(31,32)5)51-26(3)47)39(4)15-13-29(45-52(6,48)49)20-27(39)21-36(38)50-25(2)46/h9-10,14,17,22,24,27,29,31-33,36-38,42,45H,7-8,11-13,15-16,18-21,23H2,1-6H3,(H,43,44)/t24?,27-,29+,31+,32?,33?,36+,37-,38?,39-,40+/m0/s1. The van der Waals surface area contributed by atoms with Crippen molar-refractivity contribution in [2.75, 3.05) is 31.2 Å². The highest BCUT2D eigenvalue weighted by molar-refractivity contribution is 7.88. The van der Waals surface area contributed by atoms with Gasteiger partial charge in [-0.1, -0.05) is 32.4 Å². The summed E-state index contributed by atoms with van der Waals surface area (Å²) in [6.07, 6.45) is 10.7. The summed E-state index contributed by atoms with van der Waals surface area (Å²) in [5, 5.41) is 8.88. The Hall–Kier alpha value is -2.47. The number of fused-ring (bicyclic) bond motifs is 6. The fraction of sp³-hybridized carbons (Fsp3) is 0.725. The number of hydrogen-bond acceptors (Lipinski definition) is 9. The molecule has 4 fully saturated rings. The van der Waals surface area contributed by atoms with Gasteiger partial charge in [0.2, 0.25) is 10.0 Å². The van der Waals surface area contributed by atoms with Crippen molar-refractivity contribution in [3.05, 3.63) is 35.5 Å². The molecule has 1 aromatic carbocycles. The molecule has 3 N–H and O–H groups in total. The first-order valence-electron chi connectivity index (χ1n) is 19.4. The molecule has 1 heterocycles. The van der Waals surface area contributed by atoms with Gasteiger partial charge in [0.25, 0.3) is 0 Å². The van der Waals surface area contributed by atoms with E-state index in [0.29, 0.717) is 16.9 Å². The summed E-state index contributed by atoms with van der Waals surface area (Å²) in [5.74, 6) is 1.19. The van der Waals surface area contributed by atoms with E-state index in [1.807, 2.05) is 24.3 Å². The van der Waals surface area contributed by atoms with Crippen molar-refractivity contribution in [3.8, 4) is 0 Å². The van der Waals surface area contributed by atoms with E-state index in [1.54, 1.807) is 6.20 Å². The van der Waals surface area contributed by atoms with Crippen molar-refractivity contribution in [3.63, 3.8) is 0 Å². The van der Waals surface area contributed by atoms with E-state index < -0.39 is 10.0 Å². The van der Waals surface area contributed by atoms with Crippen molar-refractivity contribution >= 4 is 50.2 Å². The molecule has 288 valence electrons. The van der Waals surface area contributed by atoms with Crippen molar-refractivity contribution in [1.29, 1.82) is 0 Å². The van der Waals surface area contributed by atoms with E-state index in [2.05, 4.69) is 41.1 Å². The number of rotatable bonds is 13. The molecular formula is C40H59ClN4O6S. The monoisotopic (exact) mass is 758 g/mol.